The number of hydrogen-bond donors (Lipinski definition) is 2. The standard InChI is InChI=1S/C10H21N5/c1-7(2)6-12-9-13-8(11)15(14-9)10(3,4)5/h7H,6H2,1-5H3,(H3,11,12,13,14). The Bertz CT molecular complexity index is 321. The molecule has 1 aromatic rings. The van der Waals surface area contributed by atoms with Gasteiger partial charge >= 0.3 is 0 Å². The first-order valence-electron chi connectivity index (χ1n) is 5.27. The third kappa shape index (κ3) is 3.11. The highest BCUT2D eigenvalue weighted by atomic mass is 15.4. The van der Waals surface area contributed by atoms with E-state index in [4.69, 9.17) is 5.73 Å². The van der Waals surface area contributed by atoms with Crippen LogP contribution in [0, 0.1) is 5.92 Å². The van der Waals surface area contributed by atoms with E-state index in [0.717, 1.165) is 6.54 Å². The summed E-state index contributed by atoms with van der Waals surface area (Å²) in [6, 6.07) is 0. The van der Waals surface area contributed by atoms with Crippen molar-refractivity contribution in [1.82, 2.24) is 14.8 Å². The Labute approximate surface area is 91.1 Å². The number of hydrogen-bond acceptors (Lipinski definition) is 4. The summed E-state index contributed by atoms with van der Waals surface area (Å²) < 4.78 is 1.73. The van der Waals surface area contributed by atoms with E-state index < -0.39 is 0 Å². The molecule has 0 aliphatic carbocycles. The zero-order valence-corrected chi connectivity index (χ0v) is 10.2. The molecule has 86 valence electrons. The van der Waals surface area contributed by atoms with Gasteiger partial charge < -0.3 is 11.1 Å². The Morgan fingerprint density at radius 1 is 1.40 bits per heavy atom. The van der Waals surface area contributed by atoms with Crippen molar-refractivity contribution in [2.75, 3.05) is 17.6 Å². The van der Waals surface area contributed by atoms with Crippen LogP contribution < -0.4 is 11.1 Å². The van der Waals surface area contributed by atoms with Gasteiger partial charge in [-0.15, -0.1) is 5.10 Å². The van der Waals surface area contributed by atoms with E-state index in [9.17, 15) is 0 Å². The molecular weight excluding hydrogens is 190 g/mol. The normalized spacial score (nSPS) is 12.1. The van der Waals surface area contributed by atoms with Crippen LogP contribution in [0.15, 0.2) is 0 Å². The second-order valence-electron chi connectivity index (χ2n) is 5.15. The molecule has 0 saturated carbocycles. The lowest BCUT2D eigenvalue weighted by molar-refractivity contribution is 0.361. The molecule has 15 heavy (non-hydrogen) atoms. The lowest BCUT2D eigenvalue weighted by Gasteiger charge is -2.19. The van der Waals surface area contributed by atoms with Crippen molar-refractivity contribution in [3.8, 4) is 0 Å². The van der Waals surface area contributed by atoms with Gasteiger partial charge in [0.1, 0.15) is 0 Å². The molecule has 0 saturated heterocycles. The average molecular weight is 211 g/mol. The minimum atomic E-state index is -0.130. The van der Waals surface area contributed by atoms with E-state index in [1.165, 1.54) is 0 Å². The van der Waals surface area contributed by atoms with E-state index in [2.05, 4.69) is 29.2 Å². The second kappa shape index (κ2) is 4.08. The Balaban J connectivity index is 2.78. The highest BCUT2D eigenvalue weighted by molar-refractivity contribution is 5.32. The topological polar surface area (TPSA) is 68.8 Å². The average Bonchev–Trinajstić information content (AvgIpc) is 2.42. The van der Waals surface area contributed by atoms with Crippen LogP contribution in [0.5, 0.6) is 0 Å². The Morgan fingerprint density at radius 2 is 2.00 bits per heavy atom. The largest absolute Gasteiger partial charge is 0.368 e. The van der Waals surface area contributed by atoms with Crippen molar-refractivity contribution in [2.24, 2.45) is 5.92 Å². The van der Waals surface area contributed by atoms with Crippen LogP contribution in [0.4, 0.5) is 11.9 Å². The smallest absolute Gasteiger partial charge is 0.243 e. The molecule has 5 heteroatoms. The molecule has 0 aliphatic heterocycles. The third-order valence-corrected chi connectivity index (χ3v) is 1.94. The lowest BCUT2D eigenvalue weighted by atomic mass is 10.1. The maximum atomic E-state index is 5.78. The van der Waals surface area contributed by atoms with Crippen LogP contribution in [0.1, 0.15) is 34.6 Å². The monoisotopic (exact) mass is 211 g/mol. The summed E-state index contributed by atoms with van der Waals surface area (Å²) in [5.74, 6) is 1.62. The van der Waals surface area contributed by atoms with Gasteiger partial charge in [-0.05, 0) is 26.7 Å². The summed E-state index contributed by atoms with van der Waals surface area (Å²) in [6.07, 6.45) is 0. The maximum absolute atomic E-state index is 5.78. The highest BCUT2D eigenvalue weighted by Gasteiger charge is 2.19. The summed E-state index contributed by atoms with van der Waals surface area (Å²) in [5, 5.41) is 7.48. The molecular formula is C10H21N5. The molecule has 0 spiro atoms. The number of nitrogens with two attached hydrogens (primary N) is 1. The zero-order chi connectivity index (χ0) is 11.6. The van der Waals surface area contributed by atoms with Gasteiger partial charge in [-0.3, -0.25) is 0 Å². The molecule has 3 N–H and O–H groups in total. The molecule has 0 aliphatic rings. The van der Waals surface area contributed by atoms with Crippen molar-refractivity contribution < 1.29 is 0 Å². The van der Waals surface area contributed by atoms with Gasteiger partial charge in [-0.1, -0.05) is 13.8 Å². The summed E-state index contributed by atoms with van der Waals surface area (Å²) in [4.78, 5) is 4.17. The van der Waals surface area contributed by atoms with Crippen molar-refractivity contribution in [3.63, 3.8) is 0 Å². The van der Waals surface area contributed by atoms with E-state index in [1.807, 2.05) is 20.8 Å². The van der Waals surface area contributed by atoms with Crippen molar-refractivity contribution >= 4 is 11.9 Å². The Morgan fingerprint density at radius 3 is 2.40 bits per heavy atom. The number of anilines is 2. The number of nitrogen functional groups attached to an aromatic ring is 1. The third-order valence-electron chi connectivity index (χ3n) is 1.94. The molecule has 0 fully saturated rings. The van der Waals surface area contributed by atoms with Gasteiger partial charge in [-0.25, -0.2) is 4.68 Å². The van der Waals surface area contributed by atoms with Gasteiger partial charge in [0.25, 0.3) is 0 Å². The summed E-state index contributed by atoms with van der Waals surface area (Å²) in [7, 11) is 0. The fourth-order valence-electron chi connectivity index (χ4n) is 1.19. The molecule has 5 nitrogen and oxygen atoms in total. The van der Waals surface area contributed by atoms with E-state index in [-0.39, 0.29) is 5.54 Å². The van der Waals surface area contributed by atoms with Crippen LogP contribution >= 0.6 is 0 Å². The SMILES string of the molecule is CC(C)CNc1nc(N)n(C(C)(C)C)n1. The minimum absolute atomic E-state index is 0.130. The molecule has 1 heterocycles. The Hall–Kier alpha value is -1.26. The summed E-state index contributed by atoms with van der Waals surface area (Å²) in [5.41, 5.74) is 5.65. The second-order valence-corrected chi connectivity index (χ2v) is 5.15. The van der Waals surface area contributed by atoms with Crippen LogP contribution in [0.25, 0.3) is 0 Å². The van der Waals surface area contributed by atoms with Crippen LogP contribution in [0.3, 0.4) is 0 Å². The minimum Gasteiger partial charge on any atom is -0.368 e. The zero-order valence-electron chi connectivity index (χ0n) is 10.2. The van der Waals surface area contributed by atoms with Gasteiger partial charge in [0.05, 0.1) is 5.54 Å². The van der Waals surface area contributed by atoms with Gasteiger partial charge in [-0.2, -0.15) is 4.98 Å². The fraction of sp³-hybridized carbons (Fsp3) is 0.800. The van der Waals surface area contributed by atoms with Crippen molar-refractivity contribution in [1.29, 1.82) is 0 Å². The molecule has 1 aromatic heterocycles. The molecule has 0 aromatic carbocycles. The predicted molar refractivity (Wildman–Crippen MR) is 62.8 cm³/mol. The Kier molecular flexibility index (Phi) is 3.21. The molecule has 1 rings (SSSR count). The quantitative estimate of drug-likeness (QED) is 0.798. The van der Waals surface area contributed by atoms with Crippen LogP contribution in [-0.4, -0.2) is 21.3 Å². The molecule has 0 radical (unpaired) electrons. The van der Waals surface area contributed by atoms with Crippen molar-refractivity contribution in [2.45, 2.75) is 40.2 Å². The van der Waals surface area contributed by atoms with E-state index >= 15 is 0 Å². The van der Waals surface area contributed by atoms with Crippen LogP contribution in [0.2, 0.25) is 0 Å². The molecule has 0 atom stereocenters. The van der Waals surface area contributed by atoms with Gasteiger partial charge in [0, 0.05) is 6.54 Å². The number of nitrogens with zero attached hydrogens (tertiary/aromatic N) is 3. The first kappa shape index (κ1) is 11.8. The van der Waals surface area contributed by atoms with E-state index in [0.29, 0.717) is 17.8 Å². The van der Waals surface area contributed by atoms with E-state index in [1.54, 1.807) is 4.68 Å². The van der Waals surface area contributed by atoms with Gasteiger partial charge in [0.15, 0.2) is 0 Å². The summed E-state index contributed by atoms with van der Waals surface area (Å²) in [6.45, 7) is 11.3. The molecule has 0 bridgehead atoms. The lowest BCUT2D eigenvalue weighted by Crippen LogP contribution is -2.25. The molecule has 0 unspecified atom stereocenters. The van der Waals surface area contributed by atoms with Gasteiger partial charge in [0.2, 0.25) is 11.9 Å². The summed E-state index contributed by atoms with van der Waals surface area (Å²) >= 11 is 0. The number of aromatic nitrogens is 3. The first-order chi connectivity index (χ1) is 6.80. The molecule has 0 amide bonds. The number of nitrogens with one attached hydrogen (secondary N) is 1. The highest BCUT2D eigenvalue weighted by Crippen LogP contribution is 2.17. The maximum Gasteiger partial charge on any atom is 0.243 e. The fourth-order valence-corrected chi connectivity index (χ4v) is 1.19. The number of rotatable bonds is 3. The van der Waals surface area contributed by atoms with Crippen LogP contribution in [-0.2, 0) is 5.54 Å². The first-order valence-corrected chi connectivity index (χ1v) is 5.27. The van der Waals surface area contributed by atoms with Crippen molar-refractivity contribution in [3.05, 3.63) is 0 Å². The predicted octanol–water partition coefficient (Wildman–Crippen LogP) is 1.68.